The van der Waals surface area contributed by atoms with Crippen molar-refractivity contribution in [2.24, 2.45) is 5.11 Å². The molecule has 1 saturated heterocycles. The van der Waals surface area contributed by atoms with Crippen molar-refractivity contribution < 1.29 is 43.3 Å². The Bertz CT molecular complexity index is 937. The Labute approximate surface area is 185 Å². The van der Waals surface area contributed by atoms with Gasteiger partial charge in [0.2, 0.25) is 0 Å². The summed E-state index contributed by atoms with van der Waals surface area (Å²) < 4.78 is 14.9. The highest BCUT2D eigenvalue weighted by atomic mass is 32.2. The average Bonchev–Trinajstić information content (AvgIpc) is 2.67. The lowest BCUT2D eigenvalue weighted by Crippen LogP contribution is -2.74. The first kappa shape index (κ1) is 24.8. The third-order valence-corrected chi connectivity index (χ3v) is 5.34. The van der Waals surface area contributed by atoms with Gasteiger partial charge in [-0.3, -0.25) is 19.3 Å². The Morgan fingerprint density at radius 2 is 2.03 bits per heavy atom. The van der Waals surface area contributed by atoms with Crippen LogP contribution in [0.3, 0.4) is 0 Å². The summed E-state index contributed by atoms with van der Waals surface area (Å²) in [6, 6.07) is 0. The number of aliphatic carboxylic acids is 1. The number of hydrogen-bond acceptors (Lipinski definition) is 10. The van der Waals surface area contributed by atoms with Crippen molar-refractivity contribution in [2.45, 2.75) is 44.4 Å². The predicted molar refractivity (Wildman–Crippen MR) is 107 cm³/mol. The van der Waals surface area contributed by atoms with Crippen LogP contribution in [0.1, 0.15) is 27.7 Å². The number of carboxylic acid groups (broad SMARTS) is 1. The van der Waals surface area contributed by atoms with Crippen molar-refractivity contribution >= 4 is 41.7 Å². The summed E-state index contributed by atoms with van der Waals surface area (Å²) in [6.45, 7) is 4.95. The largest absolute Gasteiger partial charge is 0.477 e. The molecule has 0 radical (unpaired) electrons. The van der Waals surface area contributed by atoms with Gasteiger partial charge in [0, 0.05) is 23.2 Å². The summed E-state index contributed by atoms with van der Waals surface area (Å²) in [6.07, 6.45) is -0.910. The maximum Gasteiger partial charge on any atom is 0.408 e. The molecule has 2 N–H and O–H groups in total. The number of rotatable bonds is 7. The van der Waals surface area contributed by atoms with Gasteiger partial charge in [0.05, 0.1) is 0 Å². The van der Waals surface area contributed by atoms with E-state index in [0.29, 0.717) is 0 Å². The molecule has 2 amide bonds. The van der Waals surface area contributed by atoms with Gasteiger partial charge in [0.25, 0.3) is 11.6 Å². The number of esters is 2. The van der Waals surface area contributed by atoms with Gasteiger partial charge >= 0.3 is 24.0 Å². The molecule has 1 fully saturated rings. The second kappa shape index (κ2) is 9.36. The van der Waals surface area contributed by atoms with Crippen molar-refractivity contribution in [3.8, 4) is 0 Å². The molecule has 0 aliphatic carbocycles. The van der Waals surface area contributed by atoms with Gasteiger partial charge in [-0.05, 0) is 31.4 Å². The van der Waals surface area contributed by atoms with Crippen LogP contribution in [-0.2, 0) is 33.4 Å². The Hall–Kier alpha value is -3.45. The monoisotopic (exact) mass is 471 g/mol. The highest BCUT2D eigenvalue weighted by Crippen LogP contribution is 2.49. The van der Waals surface area contributed by atoms with Crippen LogP contribution in [0.2, 0.25) is 0 Å². The molecule has 0 aromatic heterocycles. The van der Waals surface area contributed by atoms with E-state index in [-0.39, 0.29) is 17.9 Å². The molecule has 174 valence electrons. The van der Waals surface area contributed by atoms with E-state index in [4.69, 9.17) is 19.7 Å². The number of ether oxygens (including phenoxy) is 3. The highest BCUT2D eigenvalue weighted by Gasteiger charge is 2.67. The van der Waals surface area contributed by atoms with E-state index in [1.807, 2.05) is 0 Å². The number of carbonyl (C=O) groups is 5. The van der Waals surface area contributed by atoms with Crippen LogP contribution >= 0.6 is 11.8 Å². The van der Waals surface area contributed by atoms with Crippen LogP contribution in [0, 0.1) is 0 Å². The molecule has 0 saturated carbocycles. The fourth-order valence-corrected chi connectivity index (χ4v) is 4.16. The molecule has 32 heavy (non-hydrogen) atoms. The first-order chi connectivity index (χ1) is 14.8. The number of azide groups is 1. The number of β-lactam (4-membered cyclic amide) rings is 1. The van der Waals surface area contributed by atoms with Crippen molar-refractivity contribution in [1.82, 2.24) is 10.2 Å². The zero-order valence-electron chi connectivity index (χ0n) is 17.6. The van der Waals surface area contributed by atoms with Gasteiger partial charge in [-0.2, -0.15) is 0 Å². The predicted octanol–water partition coefficient (Wildman–Crippen LogP) is 0.878. The molecule has 2 atom stereocenters. The minimum Gasteiger partial charge on any atom is -0.477 e. The van der Waals surface area contributed by atoms with Crippen LogP contribution < -0.4 is 5.32 Å². The normalized spacial score (nSPS) is 22.1. The Morgan fingerprint density at radius 3 is 2.56 bits per heavy atom. The molecule has 1 unspecified atom stereocenters. The quantitative estimate of drug-likeness (QED) is 0.134. The van der Waals surface area contributed by atoms with Crippen molar-refractivity contribution in [3.05, 3.63) is 21.7 Å². The maximum atomic E-state index is 12.8. The second-order valence-corrected chi connectivity index (χ2v) is 8.66. The lowest BCUT2D eigenvalue weighted by Gasteiger charge is -2.53. The first-order valence-electron chi connectivity index (χ1n) is 9.11. The lowest BCUT2D eigenvalue weighted by atomic mass is 9.99. The van der Waals surface area contributed by atoms with Crippen LogP contribution in [0.4, 0.5) is 4.79 Å². The standard InChI is InChI=1S/C17H21N5O9S/c1-8(23)29-6-9-7-32-14-17(20-21-18,13(27)22(14)11(9)12(25)26)30-10(24)5-19-15(28)31-16(2,3)4/h14H,5-7H2,1-4H3,(H,19,28)(H,25,26)/t14-,17?/m1/s1. The number of hydrogen-bond donors (Lipinski definition) is 2. The average molecular weight is 471 g/mol. The summed E-state index contributed by atoms with van der Waals surface area (Å²) in [5.74, 6) is -4.31. The summed E-state index contributed by atoms with van der Waals surface area (Å²) >= 11 is 0.957. The fraction of sp³-hybridized carbons (Fsp3) is 0.588. The Balaban J connectivity index is 2.19. The minimum absolute atomic E-state index is 0.000231. The summed E-state index contributed by atoms with van der Waals surface area (Å²) in [4.78, 5) is 62.9. The van der Waals surface area contributed by atoms with E-state index in [0.717, 1.165) is 23.6 Å². The minimum atomic E-state index is -2.33. The topological polar surface area (TPSA) is 197 Å². The second-order valence-electron chi connectivity index (χ2n) is 7.59. The smallest absolute Gasteiger partial charge is 0.408 e. The number of nitrogens with one attached hydrogen (secondary N) is 1. The first-order valence-corrected chi connectivity index (χ1v) is 10.2. The molecular formula is C17H21N5O9S. The molecule has 0 aromatic carbocycles. The van der Waals surface area contributed by atoms with Gasteiger partial charge in [0.1, 0.15) is 29.8 Å². The summed E-state index contributed by atoms with van der Waals surface area (Å²) in [7, 11) is 0. The molecule has 14 nitrogen and oxygen atoms in total. The molecule has 0 bridgehead atoms. The number of thioether (sulfide) groups is 1. The van der Waals surface area contributed by atoms with Crippen LogP contribution in [0.25, 0.3) is 10.4 Å². The molecule has 0 aromatic rings. The van der Waals surface area contributed by atoms with Crippen molar-refractivity contribution in [3.63, 3.8) is 0 Å². The molecular weight excluding hydrogens is 450 g/mol. The maximum absolute atomic E-state index is 12.8. The number of carbonyl (C=O) groups excluding carboxylic acids is 4. The van der Waals surface area contributed by atoms with Crippen molar-refractivity contribution in [1.29, 1.82) is 0 Å². The van der Waals surface area contributed by atoms with E-state index in [9.17, 15) is 29.1 Å². The van der Waals surface area contributed by atoms with Gasteiger partial charge in [0.15, 0.2) is 0 Å². The summed E-state index contributed by atoms with van der Waals surface area (Å²) in [5, 5.41) is 13.9. The van der Waals surface area contributed by atoms with Crippen LogP contribution in [-0.4, -0.2) is 75.5 Å². The molecule has 0 spiro atoms. The molecule has 15 heteroatoms. The van der Waals surface area contributed by atoms with Crippen LogP contribution in [0.15, 0.2) is 16.4 Å². The highest BCUT2D eigenvalue weighted by molar-refractivity contribution is 8.00. The van der Waals surface area contributed by atoms with E-state index >= 15 is 0 Å². The van der Waals surface area contributed by atoms with Gasteiger partial charge in [-0.15, -0.1) is 11.8 Å². The Kier molecular flexibility index (Phi) is 7.26. The van der Waals surface area contributed by atoms with E-state index < -0.39 is 58.9 Å². The zero-order valence-corrected chi connectivity index (χ0v) is 18.4. The third-order valence-electron chi connectivity index (χ3n) is 3.98. The molecule has 2 heterocycles. The SMILES string of the molecule is CC(=O)OCC1=C(C(=O)O)N2C(=O)C(N=[N+]=[N-])(OC(=O)CNC(=O)OC(C)(C)C)[C@H]2SC1. The number of amides is 2. The number of nitrogens with zero attached hydrogens (tertiary/aromatic N) is 4. The van der Waals surface area contributed by atoms with E-state index in [2.05, 4.69) is 15.3 Å². The fourth-order valence-electron chi connectivity index (χ4n) is 2.81. The number of fused-ring (bicyclic) bond motifs is 1. The zero-order chi connectivity index (χ0) is 24.3. The molecule has 2 rings (SSSR count). The lowest BCUT2D eigenvalue weighted by molar-refractivity contribution is -0.194. The number of alkyl carbamates (subject to hydrolysis) is 1. The van der Waals surface area contributed by atoms with E-state index in [1.54, 1.807) is 20.8 Å². The van der Waals surface area contributed by atoms with Gasteiger partial charge < -0.3 is 24.6 Å². The summed E-state index contributed by atoms with van der Waals surface area (Å²) in [5.41, 5.74) is 5.47. The van der Waals surface area contributed by atoms with Crippen LogP contribution in [0.5, 0.6) is 0 Å². The molecule has 2 aliphatic rings. The molecule has 2 aliphatic heterocycles. The Morgan fingerprint density at radius 1 is 1.38 bits per heavy atom. The van der Waals surface area contributed by atoms with Gasteiger partial charge in [-0.25, -0.2) is 9.59 Å². The number of carboxylic acids is 1. The third kappa shape index (κ3) is 5.23. The van der Waals surface area contributed by atoms with Gasteiger partial charge in [-0.1, -0.05) is 0 Å². The van der Waals surface area contributed by atoms with Crippen molar-refractivity contribution in [2.75, 3.05) is 18.9 Å². The van der Waals surface area contributed by atoms with E-state index in [1.165, 1.54) is 0 Å².